The van der Waals surface area contributed by atoms with Gasteiger partial charge in [0.2, 0.25) is 0 Å². The summed E-state index contributed by atoms with van der Waals surface area (Å²) < 4.78 is 0. The van der Waals surface area contributed by atoms with Crippen LogP contribution in [0.25, 0.3) is 0 Å². The van der Waals surface area contributed by atoms with Gasteiger partial charge in [0.15, 0.2) is 0 Å². The lowest BCUT2D eigenvalue weighted by atomic mass is 9.98. The van der Waals surface area contributed by atoms with Crippen molar-refractivity contribution in [3.63, 3.8) is 0 Å². The van der Waals surface area contributed by atoms with E-state index in [1.807, 2.05) is 6.20 Å². The van der Waals surface area contributed by atoms with E-state index in [-0.39, 0.29) is 0 Å². The molecule has 2 unspecified atom stereocenters. The predicted molar refractivity (Wildman–Crippen MR) is 64.1 cm³/mol. The molecule has 3 nitrogen and oxygen atoms in total. The zero-order valence-electron chi connectivity index (χ0n) is 9.44. The molecule has 1 aromatic rings. The molecule has 1 aromatic heterocycles. The molecule has 2 rings (SSSR count). The Hall–Kier alpha value is -0.450. The summed E-state index contributed by atoms with van der Waals surface area (Å²) in [7, 11) is 2.06. The molecule has 2 atom stereocenters. The second-order valence-electron chi connectivity index (χ2n) is 4.26. The molecule has 0 aliphatic carbocycles. The molecule has 0 amide bonds. The molecular formula is C11H19N3S. The summed E-state index contributed by atoms with van der Waals surface area (Å²) in [6.07, 6.45) is 4.40. The molecule has 1 saturated heterocycles. The maximum atomic E-state index is 4.35. The van der Waals surface area contributed by atoms with Gasteiger partial charge in [-0.2, -0.15) is 0 Å². The summed E-state index contributed by atoms with van der Waals surface area (Å²) >= 11 is 1.76. The molecule has 0 bridgehead atoms. The highest BCUT2D eigenvalue weighted by Gasteiger charge is 2.24. The third-order valence-electron chi connectivity index (χ3n) is 3.24. The van der Waals surface area contributed by atoms with Gasteiger partial charge in [-0.1, -0.05) is 0 Å². The fourth-order valence-corrected chi connectivity index (χ4v) is 2.86. The van der Waals surface area contributed by atoms with Crippen molar-refractivity contribution in [1.82, 2.24) is 15.2 Å². The summed E-state index contributed by atoms with van der Waals surface area (Å²) in [6, 6.07) is 1.37. The highest BCUT2D eigenvalue weighted by molar-refractivity contribution is 7.09. The molecule has 0 radical (unpaired) electrons. The van der Waals surface area contributed by atoms with Crippen molar-refractivity contribution in [2.24, 2.45) is 0 Å². The monoisotopic (exact) mass is 225 g/mol. The van der Waals surface area contributed by atoms with E-state index in [2.05, 4.69) is 34.6 Å². The van der Waals surface area contributed by atoms with E-state index >= 15 is 0 Å². The van der Waals surface area contributed by atoms with E-state index < -0.39 is 0 Å². The lowest BCUT2D eigenvalue weighted by Crippen LogP contribution is -2.46. The van der Waals surface area contributed by atoms with Crippen LogP contribution >= 0.6 is 11.3 Å². The van der Waals surface area contributed by atoms with E-state index in [0.29, 0.717) is 12.1 Å². The first kappa shape index (κ1) is 11.0. The van der Waals surface area contributed by atoms with E-state index in [1.54, 1.807) is 11.3 Å². The summed E-state index contributed by atoms with van der Waals surface area (Å²) in [5.74, 6) is 0. The van der Waals surface area contributed by atoms with Gasteiger partial charge in [-0.25, -0.2) is 4.98 Å². The largest absolute Gasteiger partial charge is 0.317 e. The van der Waals surface area contributed by atoms with E-state index in [9.17, 15) is 0 Å². The van der Waals surface area contributed by atoms with Crippen molar-refractivity contribution in [3.05, 3.63) is 16.6 Å². The molecule has 1 N–H and O–H groups in total. The van der Waals surface area contributed by atoms with Crippen LogP contribution in [0.2, 0.25) is 0 Å². The average Bonchev–Trinajstić information content (AvgIpc) is 2.74. The van der Waals surface area contributed by atoms with Gasteiger partial charge < -0.3 is 5.32 Å². The molecule has 1 fully saturated rings. The van der Waals surface area contributed by atoms with Crippen molar-refractivity contribution in [3.8, 4) is 0 Å². The number of likely N-dealkylation sites (tertiary alicyclic amines) is 1. The number of hydrogen-bond acceptors (Lipinski definition) is 4. The lowest BCUT2D eigenvalue weighted by Gasteiger charge is -2.37. The minimum absolute atomic E-state index is 0.667. The molecule has 1 aliphatic heterocycles. The molecule has 1 aliphatic rings. The van der Waals surface area contributed by atoms with Crippen LogP contribution in [-0.4, -0.2) is 35.6 Å². The summed E-state index contributed by atoms with van der Waals surface area (Å²) in [5.41, 5.74) is 0. The van der Waals surface area contributed by atoms with Crippen molar-refractivity contribution >= 4 is 11.3 Å². The Kier molecular flexibility index (Phi) is 3.72. The smallest absolute Gasteiger partial charge is 0.107 e. The summed E-state index contributed by atoms with van der Waals surface area (Å²) in [4.78, 5) is 6.88. The van der Waals surface area contributed by atoms with Gasteiger partial charge in [0.05, 0.1) is 6.54 Å². The lowest BCUT2D eigenvalue weighted by molar-refractivity contribution is 0.131. The Labute approximate surface area is 95.5 Å². The van der Waals surface area contributed by atoms with Crippen molar-refractivity contribution in [1.29, 1.82) is 0 Å². The standard InChI is InChI=1S/C11H19N3S/c1-9-7-10(12-2)3-5-14(9)8-11-13-4-6-15-11/h4,6,9-10,12H,3,5,7-8H2,1-2H3. The molecule has 15 heavy (non-hydrogen) atoms. The molecule has 84 valence electrons. The molecule has 0 spiro atoms. The quantitative estimate of drug-likeness (QED) is 0.849. The Morgan fingerprint density at radius 3 is 3.13 bits per heavy atom. The molecular weight excluding hydrogens is 206 g/mol. The van der Waals surface area contributed by atoms with Gasteiger partial charge in [0.25, 0.3) is 0 Å². The van der Waals surface area contributed by atoms with Crippen LogP contribution in [0, 0.1) is 0 Å². The first-order valence-corrected chi connectivity index (χ1v) is 6.47. The maximum absolute atomic E-state index is 4.35. The van der Waals surface area contributed by atoms with Crippen LogP contribution in [0.3, 0.4) is 0 Å². The minimum atomic E-state index is 0.667. The number of thiazole rings is 1. The van der Waals surface area contributed by atoms with E-state index in [0.717, 1.165) is 6.54 Å². The Morgan fingerprint density at radius 1 is 1.67 bits per heavy atom. The van der Waals surface area contributed by atoms with Gasteiger partial charge in [-0.3, -0.25) is 4.90 Å². The first-order chi connectivity index (χ1) is 7.29. The summed E-state index contributed by atoms with van der Waals surface area (Å²) in [6.45, 7) is 4.53. The third kappa shape index (κ3) is 2.77. The van der Waals surface area contributed by atoms with E-state index in [4.69, 9.17) is 0 Å². The fraction of sp³-hybridized carbons (Fsp3) is 0.727. The Bertz CT molecular complexity index is 286. The second kappa shape index (κ2) is 5.05. The van der Waals surface area contributed by atoms with Crippen LogP contribution in [-0.2, 0) is 6.54 Å². The number of aromatic nitrogens is 1. The van der Waals surface area contributed by atoms with Crippen molar-refractivity contribution < 1.29 is 0 Å². The number of nitrogens with one attached hydrogen (secondary N) is 1. The Morgan fingerprint density at radius 2 is 2.53 bits per heavy atom. The number of nitrogens with zero attached hydrogens (tertiary/aromatic N) is 2. The first-order valence-electron chi connectivity index (χ1n) is 5.59. The average molecular weight is 225 g/mol. The van der Waals surface area contributed by atoms with Gasteiger partial charge in [0, 0.05) is 30.2 Å². The molecule has 2 heterocycles. The van der Waals surface area contributed by atoms with E-state index in [1.165, 1.54) is 24.4 Å². The van der Waals surface area contributed by atoms with Crippen LogP contribution in [0.5, 0.6) is 0 Å². The summed E-state index contributed by atoms with van der Waals surface area (Å²) in [5, 5.41) is 6.67. The topological polar surface area (TPSA) is 28.2 Å². The highest BCUT2D eigenvalue weighted by atomic mass is 32.1. The van der Waals surface area contributed by atoms with Crippen LogP contribution < -0.4 is 5.32 Å². The van der Waals surface area contributed by atoms with Gasteiger partial charge in [-0.05, 0) is 26.8 Å². The number of hydrogen-bond donors (Lipinski definition) is 1. The zero-order chi connectivity index (χ0) is 10.7. The minimum Gasteiger partial charge on any atom is -0.317 e. The SMILES string of the molecule is CNC1CCN(Cc2nccs2)C(C)C1. The zero-order valence-corrected chi connectivity index (χ0v) is 10.3. The van der Waals surface area contributed by atoms with Crippen LogP contribution in [0.1, 0.15) is 24.8 Å². The highest BCUT2D eigenvalue weighted by Crippen LogP contribution is 2.20. The predicted octanol–water partition coefficient (Wildman–Crippen LogP) is 1.72. The van der Waals surface area contributed by atoms with Crippen LogP contribution in [0.15, 0.2) is 11.6 Å². The van der Waals surface area contributed by atoms with Gasteiger partial charge in [-0.15, -0.1) is 11.3 Å². The fourth-order valence-electron chi connectivity index (χ4n) is 2.22. The third-order valence-corrected chi connectivity index (χ3v) is 4.01. The maximum Gasteiger partial charge on any atom is 0.107 e. The molecule has 4 heteroatoms. The number of rotatable bonds is 3. The molecule has 0 aromatic carbocycles. The van der Waals surface area contributed by atoms with Gasteiger partial charge >= 0.3 is 0 Å². The van der Waals surface area contributed by atoms with Crippen molar-refractivity contribution in [2.75, 3.05) is 13.6 Å². The Balaban J connectivity index is 1.89. The van der Waals surface area contributed by atoms with Crippen molar-refractivity contribution in [2.45, 2.75) is 38.4 Å². The molecule has 0 saturated carbocycles. The number of piperidine rings is 1. The van der Waals surface area contributed by atoms with Crippen LogP contribution in [0.4, 0.5) is 0 Å². The second-order valence-corrected chi connectivity index (χ2v) is 5.23. The normalized spacial score (nSPS) is 28.1. The van der Waals surface area contributed by atoms with Gasteiger partial charge in [0.1, 0.15) is 5.01 Å².